The second-order valence-electron chi connectivity index (χ2n) is 4.52. The topological polar surface area (TPSA) is 85.4 Å². The standard InChI is InChI=1S/C14H13N5O2S/c1-22-14-12(19(20)21)13(18-11(17-14)7-8-16-18)15-9-10-5-3-2-4-6-10/h2-8,15H,9H2,1H3. The number of hydrogen-bond donors (Lipinski definition) is 1. The quantitative estimate of drug-likeness (QED) is 0.337. The van der Waals surface area contributed by atoms with E-state index in [2.05, 4.69) is 15.4 Å². The number of hydrogen-bond acceptors (Lipinski definition) is 6. The van der Waals surface area contributed by atoms with Gasteiger partial charge >= 0.3 is 5.69 Å². The maximum atomic E-state index is 11.4. The third kappa shape index (κ3) is 2.60. The Labute approximate surface area is 130 Å². The zero-order valence-electron chi connectivity index (χ0n) is 11.8. The van der Waals surface area contributed by atoms with Crippen LogP contribution in [0.1, 0.15) is 5.56 Å². The number of aromatic nitrogens is 3. The number of benzene rings is 1. The molecular weight excluding hydrogens is 302 g/mol. The van der Waals surface area contributed by atoms with Gasteiger partial charge in [-0.3, -0.25) is 10.1 Å². The Morgan fingerprint density at radius 1 is 1.32 bits per heavy atom. The molecule has 3 aromatic rings. The average Bonchev–Trinajstić information content (AvgIpc) is 3.00. The van der Waals surface area contributed by atoms with E-state index in [0.717, 1.165) is 5.56 Å². The van der Waals surface area contributed by atoms with Crippen LogP contribution in [0.4, 0.5) is 11.5 Å². The number of anilines is 1. The molecule has 0 amide bonds. The Morgan fingerprint density at radius 3 is 2.77 bits per heavy atom. The molecule has 0 unspecified atom stereocenters. The summed E-state index contributed by atoms with van der Waals surface area (Å²) >= 11 is 1.24. The molecule has 0 fully saturated rings. The summed E-state index contributed by atoms with van der Waals surface area (Å²) in [6.07, 6.45) is 3.34. The highest BCUT2D eigenvalue weighted by Crippen LogP contribution is 2.33. The van der Waals surface area contributed by atoms with Crippen molar-refractivity contribution in [2.24, 2.45) is 0 Å². The fourth-order valence-corrected chi connectivity index (χ4v) is 2.71. The van der Waals surface area contributed by atoms with Gasteiger partial charge in [-0.25, -0.2) is 4.98 Å². The Balaban J connectivity index is 2.07. The van der Waals surface area contributed by atoms with E-state index in [9.17, 15) is 10.1 Å². The molecule has 0 aliphatic carbocycles. The zero-order chi connectivity index (χ0) is 15.5. The summed E-state index contributed by atoms with van der Waals surface area (Å²) in [5.74, 6) is 0.341. The lowest BCUT2D eigenvalue weighted by Crippen LogP contribution is -2.10. The van der Waals surface area contributed by atoms with Crippen LogP contribution in [0.3, 0.4) is 0 Å². The zero-order valence-corrected chi connectivity index (χ0v) is 12.6. The molecule has 0 aliphatic heterocycles. The van der Waals surface area contributed by atoms with Gasteiger partial charge in [0.25, 0.3) is 0 Å². The number of nitrogens with zero attached hydrogens (tertiary/aromatic N) is 4. The first-order chi connectivity index (χ1) is 10.7. The average molecular weight is 315 g/mol. The highest BCUT2D eigenvalue weighted by molar-refractivity contribution is 7.98. The summed E-state index contributed by atoms with van der Waals surface area (Å²) in [6.45, 7) is 0.467. The third-order valence-electron chi connectivity index (χ3n) is 3.16. The van der Waals surface area contributed by atoms with Gasteiger partial charge in [0.15, 0.2) is 10.7 Å². The predicted molar refractivity (Wildman–Crippen MR) is 85.2 cm³/mol. The van der Waals surface area contributed by atoms with Crippen LogP contribution in [0.15, 0.2) is 47.6 Å². The molecule has 1 aromatic carbocycles. The Hall–Kier alpha value is -2.61. The molecule has 0 saturated carbocycles. The second-order valence-corrected chi connectivity index (χ2v) is 5.31. The third-order valence-corrected chi connectivity index (χ3v) is 3.83. The first-order valence-electron chi connectivity index (χ1n) is 6.54. The van der Waals surface area contributed by atoms with Gasteiger partial charge in [-0.05, 0) is 11.8 Å². The lowest BCUT2D eigenvalue weighted by atomic mass is 10.2. The van der Waals surface area contributed by atoms with Crippen molar-refractivity contribution in [3.63, 3.8) is 0 Å². The minimum Gasteiger partial charge on any atom is -0.360 e. The summed E-state index contributed by atoms with van der Waals surface area (Å²) in [5.41, 5.74) is 1.55. The fraction of sp³-hybridized carbons (Fsp3) is 0.143. The smallest absolute Gasteiger partial charge is 0.343 e. The van der Waals surface area contributed by atoms with Crippen LogP contribution in [0.5, 0.6) is 0 Å². The van der Waals surface area contributed by atoms with Gasteiger partial charge in [0, 0.05) is 12.6 Å². The van der Waals surface area contributed by atoms with Crippen LogP contribution in [0, 0.1) is 10.1 Å². The monoisotopic (exact) mass is 315 g/mol. The predicted octanol–water partition coefficient (Wildman–Crippen LogP) is 2.97. The van der Waals surface area contributed by atoms with Crippen molar-refractivity contribution in [1.29, 1.82) is 0 Å². The molecule has 1 N–H and O–H groups in total. The fourth-order valence-electron chi connectivity index (χ4n) is 2.16. The summed E-state index contributed by atoms with van der Waals surface area (Å²) in [7, 11) is 0. The van der Waals surface area contributed by atoms with Crippen molar-refractivity contribution < 1.29 is 4.92 Å². The van der Waals surface area contributed by atoms with Crippen LogP contribution in [0.2, 0.25) is 0 Å². The summed E-state index contributed by atoms with van der Waals surface area (Å²) < 4.78 is 1.46. The number of thioether (sulfide) groups is 1. The number of nitrogens with one attached hydrogen (secondary N) is 1. The van der Waals surface area contributed by atoms with E-state index >= 15 is 0 Å². The Morgan fingerprint density at radius 2 is 2.09 bits per heavy atom. The molecule has 0 bridgehead atoms. The minimum atomic E-state index is -0.423. The highest BCUT2D eigenvalue weighted by atomic mass is 32.2. The first-order valence-corrected chi connectivity index (χ1v) is 7.77. The van der Waals surface area contributed by atoms with Crippen molar-refractivity contribution in [3.8, 4) is 0 Å². The van der Waals surface area contributed by atoms with Crippen LogP contribution >= 0.6 is 11.8 Å². The van der Waals surface area contributed by atoms with Crippen LogP contribution in [0.25, 0.3) is 5.65 Å². The van der Waals surface area contributed by atoms with Crippen LogP contribution in [-0.4, -0.2) is 25.8 Å². The molecule has 0 atom stereocenters. The van der Waals surface area contributed by atoms with E-state index in [-0.39, 0.29) is 5.69 Å². The summed E-state index contributed by atoms with van der Waals surface area (Å²) in [6, 6.07) is 11.4. The highest BCUT2D eigenvalue weighted by Gasteiger charge is 2.25. The van der Waals surface area contributed by atoms with E-state index in [1.807, 2.05) is 30.3 Å². The number of fused-ring (bicyclic) bond motifs is 1. The first kappa shape index (κ1) is 14.3. The molecule has 0 aliphatic rings. The largest absolute Gasteiger partial charge is 0.360 e. The SMILES string of the molecule is CSc1nc2ccnn2c(NCc2ccccc2)c1[N+](=O)[O-]. The Bertz CT molecular complexity index is 819. The summed E-state index contributed by atoms with van der Waals surface area (Å²) in [4.78, 5) is 15.3. The van der Waals surface area contributed by atoms with Gasteiger partial charge < -0.3 is 5.32 Å². The van der Waals surface area contributed by atoms with Crippen molar-refractivity contribution >= 4 is 28.9 Å². The molecule has 22 heavy (non-hydrogen) atoms. The maximum Gasteiger partial charge on any atom is 0.343 e. The molecule has 7 nitrogen and oxygen atoms in total. The molecule has 112 valence electrons. The molecule has 0 radical (unpaired) electrons. The van der Waals surface area contributed by atoms with Gasteiger partial charge in [0.05, 0.1) is 11.1 Å². The van der Waals surface area contributed by atoms with Crippen molar-refractivity contribution in [2.45, 2.75) is 11.6 Å². The number of rotatable bonds is 5. The lowest BCUT2D eigenvalue weighted by molar-refractivity contribution is -0.387. The normalized spacial score (nSPS) is 10.8. The van der Waals surface area contributed by atoms with E-state index in [1.165, 1.54) is 16.3 Å². The maximum absolute atomic E-state index is 11.4. The Kier molecular flexibility index (Phi) is 3.92. The van der Waals surface area contributed by atoms with E-state index in [4.69, 9.17) is 0 Å². The molecule has 2 heterocycles. The van der Waals surface area contributed by atoms with Gasteiger partial charge in [-0.15, -0.1) is 11.8 Å². The van der Waals surface area contributed by atoms with E-state index < -0.39 is 4.92 Å². The molecule has 0 saturated heterocycles. The van der Waals surface area contributed by atoms with Crippen molar-refractivity contribution in [2.75, 3.05) is 11.6 Å². The summed E-state index contributed by atoms with van der Waals surface area (Å²) in [5, 5.41) is 19.1. The molecule has 2 aromatic heterocycles. The van der Waals surface area contributed by atoms with Gasteiger partial charge in [0.2, 0.25) is 5.82 Å². The van der Waals surface area contributed by atoms with E-state index in [0.29, 0.717) is 23.0 Å². The van der Waals surface area contributed by atoms with Gasteiger partial charge in [-0.2, -0.15) is 9.61 Å². The second kappa shape index (κ2) is 6.02. The van der Waals surface area contributed by atoms with Crippen molar-refractivity contribution in [1.82, 2.24) is 14.6 Å². The molecule has 0 spiro atoms. The van der Waals surface area contributed by atoms with Crippen LogP contribution in [-0.2, 0) is 6.54 Å². The number of nitro groups is 1. The molecule has 3 rings (SSSR count). The van der Waals surface area contributed by atoms with Gasteiger partial charge in [0.1, 0.15) is 0 Å². The molecular formula is C14H13N5O2S. The lowest BCUT2D eigenvalue weighted by Gasteiger charge is -2.10. The van der Waals surface area contributed by atoms with Crippen molar-refractivity contribution in [3.05, 3.63) is 58.3 Å². The minimum absolute atomic E-state index is 0.0559. The molecule has 8 heteroatoms. The van der Waals surface area contributed by atoms with Gasteiger partial charge in [-0.1, -0.05) is 30.3 Å². The van der Waals surface area contributed by atoms with Crippen LogP contribution < -0.4 is 5.32 Å². The van der Waals surface area contributed by atoms with E-state index in [1.54, 1.807) is 18.5 Å².